The van der Waals surface area contributed by atoms with E-state index < -0.39 is 0 Å². The van der Waals surface area contributed by atoms with Gasteiger partial charge in [0.1, 0.15) is 0 Å². The van der Waals surface area contributed by atoms with Gasteiger partial charge in [0.05, 0.1) is 0 Å². The molecule has 0 aliphatic heterocycles. The van der Waals surface area contributed by atoms with Crippen molar-refractivity contribution in [1.82, 2.24) is 0 Å². The van der Waals surface area contributed by atoms with Gasteiger partial charge < -0.3 is 0 Å². The predicted molar refractivity (Wildman–Crippen MR) is 42.3 cm³/mol. The first kappa shape index (κ1) is 11.8. The third-order valence-corrected chi connectivity index (χ3v) is 1.48. The Balaban J connectivity index is 0. The quantitative estimate of drug-likeness (QED) is 0.480. The van der Waals surface area contributed by atoms with Gasteiger partial charge in [0, 0.05) is 0 Å². The summed E-state index contributed by atoms with van der Waals surface area (Å²) in [7, 11) is 0. The van der Waals surface area contributed by atoms with Crippen molar-refractivity contribution in [2.24, 2.45) is 5.92 Å². The van der Waals surface area contributed by atoms with Crippen LogP contribution >= 0.6 is 9.90 Å². The fraction of sp³-hybridized carbons (Fsp3) is 1.00. The minimum Gasteiger partial charge on any atom is -0.153 e. The topological polar surface area (TPSA) is 9.23 Å². The van der Waals surface area contributed by atoms with Crippen LogP contribution in [-0.2, 0) is 3.53 Å². The molecule has 1 nitrogen and oxygen atoms in total. The van der Waals surface area contributed by atoms with Crippen LogP contribution in [-0.4, -0.2) is 25.6 Å². The Kier molecular flexibility index (Phi) is 11.8. The molecule has 48 valence electrons. The van der Waals surface area contributed by atoms with Crippen LogP contribution < -0.4 is 0 Å². The van der Waals surface area contributed by atoms with Crippen LogP contribution in [0.15, 0.2) is 0 Å². The minimum atomic E-state index is 0. The molecular formula is C5H14GaOP. The van der Waals surface area contributed by atoms with Gasteiger partial charge in [-0.1, -0.05) is 0 Å². The first-order chi connectivity index (χ1) is 3.31. The summed E-state index contributed by atoms with van der Waals surface area (Å²) in [5.74, 6) is 0.742. The van der Waals surface area contributed by atoms with Crippen molar-refractivity contribution >= 4 is 28.9 Å². The number of hydrogen-bond donors (Lipinski definition) is 0. The van der Waals surface area contributed by atoms with E-state index in [2.05, 4.69) is 13.8 Å². The fourth-order valence-electron chi connectivity index (χ4n) is 0.282. The zero-order valence-corrected chi connectivity index (χ0v) is 9.52. The molecule has 0 aromatic carbocycles. The molecule has 0 fully saturated rings. The summed E-state index contributed by atoms with van der Waals surface area (Å²) in [6.07, 6.45) is 1.23. The van der Waals surface area contributed by atoms with Crippen molar-refractivity contribution in [1.29, 1.82) is 0 Å². The number of hydrogen-bond acceptors (Lipinski definition) is 1. The maximum atomic E-state index is 4.96. The molecule has 0 bridgehead atoms. The molecule has 8 heavy (non-hydrogen) atoms. The minimum absolute atomic E-state index is 0. The SMILES string of the molecule is CCC(C)C[O][Ga].P. The van der Waals surface area contributed by atoms with E-state index in [-0.39, 0.29) is 9.90 Å². The van der Waals surface area contributed by atoms with E-state index in [1.165, 1.54) is 25.4 Å². The van der Waals surface area contributed by atoms with E-state index in [1.807, 2.05) is 0 Å². The van der Waals surface area contributed by atoms with Crippen LogP contribution in [0.2, 0.25) is 0 Å². The first-order valence-corrected chi connectivity index (χ1v) is 3.61. The summed E-state index contributed by atoms with van der Waals surface area (Å²) in [5.41, 5.74) is 0. The van der Waals surface area contributed by atoms with Crippen LogP contribution in [0.1, 0.15) is 20.3 Å². The molecule has 0 amide bonds. The Morgan fingerprint density at radius 1 is 1.62 bits per heavy atom. The van der Waals surface area contributed by atoms with E-state index in [0.29, 0.717) is 0 Å². The second-order valence-corrected chi connectivity index (χ2v) is 2.55. The Morgan fingerprint density at radius 3 is 2.25 bits per heavy atom. The van der Waals surface area contributed by atoms with Gasteiger partial charge in [-0.25, -0.2) is 0 Å². The Morgan fingerprint density at radius 2 is 2.12 bits per heavy atom. The Labute approximate surface area is 65.5 Å². The van der Waals surface area contributed by atoms with E-state index in [4.69, 9.17) is 3.53 Å². The molecule has 0 rings (SSSR count). The Bertz CT molecular complexity index is 43.4. The van der Waals surface area contributed by atoms with Crippen LogP contribution in [0.5, 0.6) is 0 Å². The molecule has 0 aliphatic carbocycles. The third-order valence-electron chi connectivity index (χ3n) is 1.08. The molecule has 0 aromatic rings. The maximum Gasteiger partial charge on any atom is -0.153 e. The summed E-state index contributed by atoms with van der Waals surface area (Å²) in [4.78, 5) is 0. The van der Waals surface area contributed by atoms with Crippen LogP contribution in [0.4, 0.5) is 0 Å². The number of rotatable bonds is 3. The molecular weight excluding hydrogens is 177 g/mol. The van der Waals surface area contributed by atoms with E-state index in [9.17, 15) is 0 Å². The second kappa shape index (κ2) is 8.03. The van der Waals surface area contributed by atoms with Crippen molar-refractivity contribution in [2.75, 3.05) is 6.61 Å². The average molecular weight is 191 g/mol. The van der Waals surface area contributed by atoms with Crippen molar-refractivity contribution in [2.45, 2.75) is 20.3 Å². The molecule has 0 heterocycles. The van der Waals surface area contributed by atoms with Gasteiger partial charge in [-0.05, 0) is 0 Å². The Hall–Kier alpha value is 1.03. The maximum absolute atomic E-state index is 4.96. The van der Waals surface area contributed by atoms with Gasteiger partial charge in [-0.3, -0.25) is 0 Å². The predicted octanol–water partition coefficient (Wildman–Crippen LogP) is 1.19. The summed E-state index contributed by atoms with van der Waals surface area (Å²) in [6, 6.07) is 0. The van der Waals surface area contributed by atoms with Gasteiger partial charge in [0.2, 0.25) is 0 Å². The standard InChI is InChI=1S/C5H11O.Ga.H3P/c1-3-5(2)4-6;;/h5H,3-4H2,1-2H3;;1H3/q-1;+1;. The summed E-state index contributed by atoms with van der Waals surface area (Å²) in [5, 5.41) is 0. The van der Waals surface area contributed by atoms with Crippen molar-refractivity contribution < 1.29 is 3.53 Å². The van der Waals surface area contributed by atoms with E-state index in [1.54, 1.807) is 0 Å². The molecule has 0 aromatic heterocycles. The average Bonchev–Trinajstić information content (AvgIpc) is 1.68. The van der Waals surface area contributed by atoms with Gasteiger partial charge in [-0.15, -0.1) is 0 Å². The molecule has 0 saturated carbocycles. The monoisotopic (exact) mass is 190 g/mol. The summed E-state index contributed by atoms with van der Waals surface area (Å²) in [6.45, 7) is 5.30. The molecule has 3 heteroatoms. The zero-order valence-electron chi connectivity index (χ0n) is 5.68. The van der Waals surface area contributed by atoms with E-state index >= 15 is 0 Å². The molecule has 2 atom stereocenters. The van der Waals surface area contributed by atoms with Crippen LogP contribution in [0.3, 0.4) is 0 Å². The fourth-order valence-corrected chi connectivity index (χ4v) is 0.971. The molecule has 2 radical (unpaired) electrons. The van der Waals surface area contributed by atoms with Crippen LogP contribution in [0.25, 0.3) is 0 Å². The van der Waals surface area contributed by atoms with Gasteiger partial charge in [0.25, 0.3) is 0 Å². The van der Waals surface area contributed by atoms with Crippen LogP contribution in [0, 0.1) is 5.92 Å². The second-order valence-electron chi connectivity index (χ2n) is 1.85. The van der Waals surface area contributed by atoms with Crippen molar-refractivity contribution in [3.05, 3.63) is 0 Å². The van der Waals surface area contributed by atoms with Crippen molar-refractivity contribution in [3.8, 4) is 0 Å². The molecule has 0 spiro atoms. The smallest absolute Gasteiger partial charge is 0.153 e. The van der Waals surface area contributed by atoms with E-state index in [0.717, 1.165) is 12.5 Å². The first-order valence-electron chi connectivity index (χ1n) is 2.63. The molecule has 0 N–H and O–H groups in total. The molecule has 2 unspecified atom stereocenters. The zero-order chi connectivity index (χ0) is 5.70. The normalized spacial score (nSPS) is 12.2. The van der Waals surface area contributed by atoms with Gasteiger partial charge in [-0.2, -0.15) is 9.90 Å². The van der Waals surface area contributed by atoms with Gasteiger partial charge >= 0.3 is 55.3 Å². The van der Waals surface area contributed by atoms with Crippen molar-refractivity contribution in [3.63, 3.8) is 0 Å². The molecule has 0 aliphatic rings. The summed E-state index contributed by atoms with van der Waals surface area (Å²) >= 11 is 1.36. The third kappa shape index (κ3) is 7.03. The van der Waals surface area contributed by atoms with Gasteiger partial charge in [0.15, 0.2) is 0 Å². The molecule has 0 saturated heterocycles. The largest absolute Gasteiger partial charge is 0.153 e. The summed E-state index contributed by atoms with van der Waals surface area (Å²) < 4.78 is 4.96.